The fourth-order valence-electron chi connectivity index (χ4n) is 1.59. The van der Waals surface area contributed by atoms with Gasteiger partial charge in [0.25, 0.3) is 0 Å². The first-order chi connectivity index (χ1) is 9.10. The summed E-state index contributed by atoms with van der Waals surface area (Å²) in [7, 11) is -1.55. The van der Waals surface area contributed by atoms with Gasteiger partial charge in [-0.05, 0) is 36.4 Å². The molecule has 0 aliphatic heterocycles. The summed E-state index contributed by atoms with van der Waals surface area (Å²) in [4.78, 5) is 0.293. The molecule has 0 radical (unpaired) electrons. The number of nitriles is 1. The number of nitrogens with zero attached hydrogens (tertiary/aromatic N) is 1. The van der Waals surface area contributed by atoms with Crippen LogP contribution in [0.25, 0.3) is 0 Å². The van der Waals surface area contributed by atoms with Crippen LogP contribution in [0.2, 0.25) is 0 Å². The van der Waals surface area contributed by atoms with Gasteiger partial charge in [0.2, 0.25) is 0 Å². The van der Waals surface area contributed by atoms with Gasteiger partial charge in [-0.3, -0.25) is 4.21 Å². The van der Waals surface area contributed by atoms with Crippen LogP contribution in [-0.4, -0.2) is 4.21 Å². The van der Waals surface area contributed by atoms with Crippen LogP contribution in [0.5, 0.6) is 0 Å². The Labute approximate surface area is 111 Å². The number of rotatable bonds is 3. The van der Waals surface area contributed by atoms with E-state index in [-0.39, 0.29) is 11.3 Å². The summed E-state index contributed by atoms with van der Waals surface area (Å²) < 4.78 is 38.6. The molecule has 2 nitrogen and oxygen atoms in total. The van der Waals surface area contributed by atoms with Gasteiger partial charge in [0.15, 0.2) is 0 Å². The van der Waals surface area contributed by atoms with E-state index in [1.165, 1.54) is 30.3 Å². The van der Waals surface area contributed by atoms with E-state index in [1.54, 1.807) is 0 Å². The number of halogens is 2. The Balaban J connectivity index is 2.27. The van der Waals surface area contributed by atoms with Crippen molar-refractivity contribution in [2.24, 2.45) is 0 Å². The van der Waals surface area contributed by atoms with E-state index < -0.39 is 22.4 Å². The summed E-state index contributed by atoms with van der Waals surface area (Å²) in [6, 6.07) is 11.1. The molecule has 0 spiro atoms. The van der Waals surface area contributed by atoms with Crippen molar-refractivity contribution >= 4 is 10.8 Å². The third kappa shape index (κ3) is 3.24. The monoisotopic (exact) mass is 277 g/mol. The van der Waals surface area contributed by atoms with Crippen LogP contribution >= 0.6 is 0 Å². The fourth-order valence-corrected chi connectivity index (χ4v) is 2.73. The number of hydrogen-bond acceptors (Lipinski definition) is 2. The molecule has 0 heterocycles. The predicted octanol–water partition coefficient (Wildman–Crippen LogP) is 3.14. The zero-order chi connectivity index (χ0) is 13.8. The minimum Gasteiger partial charge on any atom is -0.254 e. The van der Waals surface area contributed by atoms with Gasteiger partial charge in [-0.15, -0.1) is 0 Å². The van der Waals surface area contributed by atoms with Gasteiger partial charge in [-0.2, -0.15) is 5.26 Å². The molecule has 0 bridgehead atoms. The van der Waals surface area contributed by atoms with Crippen molar-refractivity contribution in [1.82, 2.24) is 0 Å². The highest BCUT2D eigenvalue weighted by molar-refractivity contribution is 7.84. The van der Waals surface area contributed by atoms with Gasteiger partial charge >= 0.3 is 0 Å². The first-order valence-corrected chi connectivity index (χ1v) is 6.74. The van der Waals surface area contributed by atoms with Crippen molar-refractivity contribution < 1.29 is 13.0 Å². The standard InChI is InChI=1S/C14H9F2NOS/c15-12-2-1-3-13(7-12)19(18)9-11-6-10(8-17)4-5-14(11)16/h1-7H,9H2. The zero-order valence-electron chi connectivity index (χ0n) is 9.77. The highest BCUT2D eigenvalue weighted by Crippen LogP contribution is 2.17. The average Bonchev–Trinajstić information content (AvgIpc) is 2.41. The highest BCUT2D eigenvalue weighted by atomic mass is 32.2. The van der Waals surface area contributed by atoms with Gasteiger partial charge in [-0.1, -0.05) is 6.07 Å². The molecule has 0 aliphatic carbocycles. The molecule has 0 fully saturated rings. The van der Waals surface area contributed by atoms with Crippen LogP contribution in [0.4, 0.5) is 8.78 Å². The van der Waals surface area contributed by atoms with E-state index in [9.17, 15) is 13.0 Å². The lowest BCUT2D eigenvalue weighted by Gasteiger charge is -2.04. The Bertz CT molecular complexity index is 679. The first-order valence-electron chi connectivity index (χ1n) is 5.42. The molecule has 0 amide bonds. The van der Waals surface area contributed by atoms with Crippen LogP contribution in [0.15, 0.2) is 47.4 Å². The minimum atomic E-state index is -1.55. The minimum absolute atomic E-state index is 0.0925. The zero-order valence-corrected chi connectivity index (χ0v) is 10.6. The molecule has 2 rings (SSSR count). The van der Waals surface area contributed by atoms with Gasteiger partial charge < -0.3 is 0 Å². The molecule has 0 aliphatic rings. The van der Waals surface area contributed by atoms with Crippen LogP contribution in [0, 0.1) is 23.0 Å². The molecule has 96 valence electrons. The maximum absolute atomic E-state index is 13.5. The van der Waals surface area contributed by atoms with Gasteiger partial charge in [0, 0.05) is 10.5 Å². The van der Waals surface area contributed by atoms with E-state index in [4.69, 9.17) is 5.26 Å². The normalized spacial score (nSPS) is 11.8. The van der Waals surface area contributed by atoms with Crippen molar-refractivity contribution in [1.29, 1.82) is 5.26 Å². The number of hydrogen-bond donors (Lipinski definition) is 0. The molecule has 2 aromatic carbocycles. The number of benzene rings is 2. The van der Waals surface area contributed by atoms with Crippen molar-refractivity contribution in [3.05, 3.63) is 65.2 Å². The SMILES string of the molecule is N#Cc1ccc(F)c(CS(=O)c2cccc(F)c2)c1. The fraction of sp³-hybridized carbons (Fsp3) is 0.0714. The molecule has 0 saturated carbocycles. The first kappa shape index (κ1) is 13.4. The van der Waals surface area contributed by atoms with E-state index in [0.717, 1.165) is 12.1 Å². The van der Waals surface area contributed by atoms with Gasteiger partial charge in [0.05, 0.1) is 28.2 Å². The summed E-state index contributed by atoms with van der Waals surface area (Å²) >= 11 is 0. The predicted molar refractivity (Wildman–Crippen MR) is 67.6 cm³/mol. The topological polar surface area (TPSA) is 40.9 Å². The van der Waals surface area contributed by atoms with Gasteiger partial charge in [0.1, 0.15) is 11.6 Å². The molecule has 0 aromatic heterocycles. The summed E-state index contributed by atoms with van der Waals surface area (Å²) in [6.07, 6.45) is 0. The maximum Gasteiger partial charge on any atom is 0.127 e. The van der Waals surface area contributed by atoms with Crippen LogP contribution in [-0.2, 0) is 16.6 Å². The molecular formula is C14H9F2NOS. The molecule has 1 unspecified atom stereocenters. The molecular weight excluding hydrogens is 268 g/mol. The van der Waals surface area contributed by atoms with Crippen molar-refractivity contribution in [3.63, 3.8) is 0 Å². The largest absolute Gasteiger partial charge is 0.254 e. The molecule has 5 heteroatoms. The van der Waals surface area contributed by atoms with Crippen LogP contribution in [0.1, 0.15) is 11.1 Å². The molecule has 1 atom stereocenters. The van der Waals surface area contributed by atoms with Crippen molar-refractivity contribution in [3.8, 4) is 6.07 Å². The molecule has 19 heavy (non-hydrogen) atoms. The second-order valence-corrected chi connectivity index (χ2v) is 5.32. The molecule has 0 N–H and O–H groups in total. The third-order valence-electron chi connectivity index (χ3n) is 2.52. The van der Waals surface area contributed by atoms with Crippen LogP contribution < -0.4 is 0 Å². The molecule has 2 aromatic rings. The molecule has 0 saturated heterocycles. The Morgan fingerprint density at radius 2 is 1.95 bits per heavy atom. The Morgan fingerprint density at radius 3 is 2.63 bits per heavy atom. The lowest BCUT2D eigenvalue weighted by atomic mass is 10.1. The van der Waals surface area contributed by atoms with Crippen molar-refractivity contribution in [2.45, 2.75) is 10.6 Å². The van der Waals surface area contributed by atoms with E-state index >= 15 is 0 Å². The summed E-state index contributed by atoms with van der Waals surface area (Å²) in [5, 5.41) is 8.74. The summed E-state index contributed by atoms with van der Waals surface area (Å²) in [6.45, 7) is 0. The van der Waals surface area contributed by atoms with Crippen LogP contribution in [0.3, 0.4) is 0 Å². The van der Waals surface area contributed by atoms with Gasteiger partial charge in [-0.25, -0.2) is 8.78 Å². The Morgan fingerprint density at radius 1 is 1.16 bits per heavy atom. The second-order valence-electron chi connectivity index (χ2n) is 3.87. The lowest BCUT2D eigenvalue weighted by Crippen LogP contribution is -2.00. The lowest BCUT2D eigenvalue weighted by molar-refractivity contribution is 0.614. The van der Waals surface area contributed by atoms with Crippen molar-refractivity contribution in [2.75, 3.05) is 0 Å². The maximum atomic E-state index is 13.5. The second kappa shape index (κ2) is 5.72. The summed E-state index contributed by atoms with van der Waals surface area (Å²) in [5.74, 6) is -1.11. The van der Waals surface area contributed by atoms with E-state index in [2.05, 4.69) is 0 Å². The average molecular weight is 277 g/mol. The smallest absolute Gasteiger partial charge is 0.127 e. The Kier molecular flexibility index (Phi) is 4.03. The third-order valence-corrected chi connectivity index (χ3v) is 3.87. The quantitative estimate of drug-likeness (QED) is 0.864. The Hall–Kier alpha value is -2.06. The highest BCUT2D eigenvalue weighted by Gasteiger charge is 2.10. The van der Waals surface area contributed by atoms with E-state index in [0.29, 0.717) is 10.5 Å². The summed E-state index contributed by atoms with van der Waals surface area (Å²) in [5.41, 5.74) is 0.481. The van der Waals surface area contributed by atoms with E-state index in [1.807, 2.05) is 6.07 Å².